The van der Waals surface area contributed by atoms with E-state index in [-0.39, 0.29) is 11.4 Å². The number of nitrogens with zero attached hydrogens (tertiary/aromatic N) is 2. The molecule has 1 aromatic rings. The lowest BCUT2D eigenvalue weighted by molar-refractivity contribution is -0.120. The van der Waals surface area contributed by atoms with Gasteiger partial charge in [0.2, 0.25) is 11.8 Å². The summed E-state index contributed by atoms with van der Waals surface area (Å²) in [7, 11) is 0. The number of hydrogen-bond acceptors (Lipinski definition) is 5. The molecule has 0 saturated carbocycles. The summed E-state index contributed by atoms with van der Waals surface area (Å²) in [5, 5.41) is 9.65. The Labute approximate surface area is 101 Å². The third-order valence-electron chi connectivity index (χ3n) is 2.02. The molecule has 0 unspecified atom stereocenters. The van der Waals surface area contributed by atoms with Crippen LogP contribution in [0.4, 0.5) is 0 Å². The number of carbonyl (C=O) groups excluding carboxylic acids is 1. The Bertz CT molecular complexity index is 368. The van der Waals surface area contributed by atoms with Crippen LogP contribution < -0.4 is 10.6 Å². The topological polar surface area (TPSA) is 80.0 Å². The smallest absolute Gasteiger partial charge is 0.233 e. The molecule has 6 nitrogen and oxygen atoms in total. The molecule has 17 heavy (non-hydrogen) atoms. The molecule has 0 aromatic carbocycles. The summed E-state index contributed by atoms with van der Waals surface area (Å²) < 4.78 is 4.83. The minimum absolute atomic E-state index is 0.0276. The van der Waals surface area contributed by atoms with Gasteiger partial charge in [-0.2, -0.15) is 4.98 Å². The summed E-state index contributed by atoms with van der Waals surface area (Å²) in [5.41, 5.74) is -0.0535. The summed E-state index contributed by atoms with van der Waals surface area (Å²) in [6, 6.07) is 0. The van der Waals surface area contributed by atoms with E-state index in [1.807, 2.05) is 20.8 Å². The van der Waals surface area contributed by atoms with Crippen molar-refractivity contribution in [3.63, 3.8) is 0 Å². The van der Waals surface area contributed by atoms with E-state index in [1.54, 1.807) is 6.92 Å². The summed E-state index contributed by atoms with van der Waals surface area (Å²) in [5.74, 6) is 1.13. The second-order valence-electron chi connectivity index (χ2n) is 4.93. The van der Waals surface area contributed by atoms with Crippen LogP contribution in [-0.2, 0) is 11.2 Å². The Kier molecular flexibility index (Phi) is 4.62. The van der Waals surface area contributed by atoms with Crippen molar-refractivity contribution < 1.29 is 9.32 Å². The summed E-state index contributed by atoms with van der Waals surface area (Å²) in [6.07, 6.45) is 0.582. The van der Waals surface area contributed by atoms with Gasteiger partial charge < -0.3 is 15.2 Å². The molecule has 0 spiro atoms. The number of nitrogens with one attached hydrogen (secondary N) is 2. The maximum absolute atomic E-state index is 11.4. The minimum atomic E-state index is -0.0535. The molecule has 1 aromatic heterocycles. The van der Waals surface area contributed by atoms with E-state index in [9.17, 15) is 4.79 Å². The third-order valence-corrected chi connectivity index (χ3v) is 2.02. The van der Waals surface area contributed by atoms with Crippen LogP contribution in [0.1, 0.15) is 32.5 Å². The van der Waals surface area contributed by atoms with Crippen LogP contribution in [0, 0.1) is 6.92 Å². The standard InChI is InChI=1S/C11H20N4O2/c1-8-14-9(15-17-8)5-6-12-10(16)7-13-11(2,3)4/h13H,5-7H2,1-4H3,(H,12,16). The molecule has 0 aliphatic carbocycles. The van der Waals surface area contributed by atoms with Crippen molar-refractivity contribution in [2.45, 2.75) is 39.7 Å². The van der Waals surface area contributed by atoms with Crippen LogP contribution in [-0.4, -0.2) is 34.7 Å². The first-order valence-corrected chi connectivity index (χ1v) is 5.68. The predicted octanol–water partition coefficient (Wildman–Crippen LogP) is 0.425. The monoisotopic (exact) mass is 240 g/mol. The normalized spacial score (nSPS) is 11.5. The van der Waals surface area contributed by atoms with E-state index in [4.69, 9.17) is 4.52 Å². The van der Waals surface area contributed by atoms with Crippen LogP contribution in [0.3, 0.4) is 0 Å². The number of amides is 1. The fourth-order valence-corrected chi connectivity index (χ4v) is 1.16. The average Bonchev–Trinajstić information content (AvgIpc) is 2.60. The molecule has 0 saturated heterocycles. The van der Waals surface area contributed by atoms with Crippen molar-refractivity contribution in [3.8, 4) is 0 Å². The van der Waals surface area contributed by atoms with Crippen LogP contribution >= 0.6 is 0 Å². The van der Waals surface area contributed by atoms with Crippen molar-refractivity contribution in [1.29, 1.82) is 0 Å². The third kappa shape index (κ3) is 6.01. The van der Waals surface area contributed by atoms with Gasteiger partial charge in [0.25, 0.3) is 0 Å². The zero-order chi connectivity index (χ0) is 12.9. The fraction of sp³-hybridized carbons (Fsp3) is 0.727. The second kappa shape index (κ2) is 5.77. The Morgan fingerprint density at radius 1 is 1.41 bits per heavy atom. The first-order chi connectivity index (χ1) is 7.87. The molecule has 0 radical (unpaired) electrons. The van der Waals surface area contributed by atoms with Gasteiger partial charge in [-0.15, -0.1) is 0 Å². The number of carbonyl (C=O) groups is 1. The number of hydrogen-bond donors (Lipinski definition) is 2. The molecule has 0 fully saturated rings. The first kappa shape index (κ1) is 13.6. The Morgan fingerprint density at radius 2 is 2.12 bits per heavy atom. The maximum Gasteiger partial charge on any atom is 0.233 e. The molecule has 1 rings (SSSR count). The van der Waals surface area contributed by atoms with Gasteiger partial charge in [-0.25, -0.2) is 0 Å². The van der Waals surface area contributed by atoms with Crippen LogP contribution in [0.15, 0.2) is 4.52 Å². The Balaban J connectivity index is 2.16. The van der Waals surface area contributed by atoms with E-state index in [0.717, 1.165) is 0 Å². The summed E-state index contributed by atoms with van der Waals surface area (Å²) >= 11 is 0. The zero-order valence-corrected chi connectivity index (χ0v) is 10.8. The van der Waals surface area contributed by atoms with Crippen LogP contribution in [0.5, 0.6) is 0 Å². The van der Waals surface area contributed by atoms with Crippen LogP contribution in [0.2, 0.25) is 0 Å². The van der Waals surface area contributed by atoms with E-state index in [2.05, 4.69) is 20.8 Å². The lowest BCUT2D eigenvalue weighted by Gasteiger charge is -2.19. The van der Waals surface area contributed by atoms with Gasteiger partial charge in [0.15, 0.2) is 5.82 Å². The zero-order valence-electron chi connectivity index (χ0n) is 10.8. The summed E-state index contributed by atoms with van der Waals surface area (Å²) in [6.45, 7) is 8.62. The van der Waals surface area contributed by atoms with Gasteiger partial charge in [0.1, 0.15) is 0 Å². The number of rotatable bonds is 5. The molecule has 0 aliphatic heterocycles. The van der Waals surface area contributed by atoms with Gasteiger partial charge in [0.05, 0.1) is 6.54 Å². The van der Waals surface area contributed by atoms with E-state index in [0.29, 0.717) is 31.2 Å². The highest BCUT2D eigenvalue weighted by molar-refractivity contribution is 5.78. The van der Waals surface area contributed by atoms with E-state index in [1.165, 1.54) is 0 Å². The SMILES string of the molecule is Cc1nc(CCNC(=O)CNC(C)(C)C)no1. The molecule has 0 bridgehead atoms. The van der Waals surface area contributed by atoms with E-state index < -0.39 is 0 Å². The van der Waals surface area contributed by atoms with Gasteiger partial charge in [-0.05, 0) is 20.8 Å². The number of aromatic nitrogens is 2. The predicted molar refractivity (Wildman–Crippen MR) is 63.5 cm³/mol. The van der Waals surface area contributed by atoms with Crippen molar-refractivity contribution in [2.24, 2.45) is 0 Å². The minimum Gasteiger partial charge on any atom is -0.355 e. The van der Waals surface area contributed by atoms with E-state index >= 15 is 0 Å². The molecule has 6 heteroatoms. The molecule has 0 atom stereocenters. The second-order valence-corrected chi connectivity index (χ2v) is 4.93. The Morgan fingerprint density at radius 3 is 2.65 bits per heavy atom. The molecular weight excluding hydrogens is 220 g/mol. The van der Waals surface area contributed by atoms with Gasteiger partial charge in [-0.3, -0.25) is 4.79 Å². The molecule has 0 aliphatic rings. The quantitative estimate of drug-likeness (QED) is 0.780. The Hall–Kier alpha value is -1.43. The number of aryl methyl sites for hydroxylation is 1. The van der Waals surface area contributed by atoms with Gasteiger partial charge in [0, 0.05) is 25.4 Å². The van der Waals surface area contributed by atoms with Gasteiger partial charge in [-0.1, -0.05) is 5.16 Å². The highest BCUT2D eigenvalue weighted by Gasteiger charge is 2.11. The molecule has 1 amide bonds. The summed E-state index contributed by atoms with van der Waals surface area (Å²) in [4.78, 5) is 15.5. The van der Waals surface area contributed by atoms with Crippen LogP contribution in [0.25, 0.3) is 0 Å². The molecule has 96 valence electrons. The first-order valence-electron chi connectivity index (χ1n) is 5.68. The largest absolute Gasteiger partial charge is 0.355 e. The highest BCUT2D eigenvalue weighted by Crippen LogP contribution is 1.97. The molecule has 2 N–H and O–H groups in total. The lowest BCUT2D eigenvalue weighted by atomic mass is 10.1. The molecular formula is C11H20N4O2. The average molecular weight is 240 g/mol. The highest BCUT2D eigenvalue weighted by atomic mass is 16.5. The van der Waals surface area contributed by atoms with Crippen molar-refractivity contribution in [3.05, 3.63) is 11.7 Å². The molecule has 1 heterocycles. The van der Waals surface area contributed by atoms with Gasteiger partial charge >= 0.3 is 0 Å². The van der Waals surface area contributed by atoms with Crippen molar-refractivity contribution in [1.82, 2.24) is 20.8 Å². The maximum atomic E-state index is 11.4. The lowest BCUT2D eigenvalue weighted by Crippen LogP contribution is -2.43. The van der Waals surface area contributed by atoms with Crippen molar-refractivity contribution in [2.75, 3.05) is 13.1 Å². The van der Waals surface area contributed by atoms with Crippen molar-refractivity contribution >= 4 is 5.91 Å². The fourth-order valence-electron chi connectivity index (χ4n) is 1.16.